The molecule has 0 amide bonds. The molecule has 0 saturated carbocycles. The first-order valence-electron chi connectivity index (χ1n) is 8.72. The van der Waals surface area contributed by atoms with Crippen molar-refractivity contribution in [2.24, 2.45) is 0 Å². The van der Waals surface area contributed by atoms with Gasteiger partial charge in [-0.3, -0.25) is 0 Å². The van der Waals surface area contributed by atoms with Gasteiger partial charge in [-0.05, 0) is 37.3 Å². The first-order valence-corrected chi connectivity index (χ1v) is 8.72. The zero-order chi connectivity index (χ0) is 17.1. The number of aromatic nitrogens is 6. The molecule has 3 heterocycles. The summed E-state index contributed by atoms with van der Waals surface area (Å²) >= 11 is 0. The lowest BCUT2D eigenvalue weighted by Gasteiger charge is -2.22. The van der Waals surface area contributed by atoms with Gasteiger partial charge in [-0.25, -0.2) is 19.3 Å². The van der Waals surface area contributed by atoms with Crippen molar-refractivity contribution in [3.63, 3.8) is 0 Å². The average molecular weight is 338 g/mol. The third-order valence-electron chi connectivity index (χ3n) is 4.56. The summed E-state index contributed by atoms with van der Waals surface area (Å²) < 4.78 is 9.69. The van der Waals surface area contributed by atoms with Crippen molar-refractivity contribution in [3.8, 4) is 0 Å². The third kappa shape index (κ3) is 3.61. The van der Waals surface area contributed by atoms with E-state index in [1.54, 1.807) is 11.0 Å². The lowest BCUT2D eigenvalue weighted by Crippen LogP contribution is -2.18. The fraction of sp³-hybridized carbons (Fsp3) is 0.444. The van der Waals surface area contributed by atoms with Gasteiger partial charge in [0.25, 0.3) is 0 Å². The summed E-state index contributed by atoms with van der Waals surface area (Å²) in [6.07, 6.45) is 6.51. The molecule has 1 aromatic carbocycles. The van der Waals surface area contributed by atoms with Gasteiger partial charge in [-0.2, -0.15) is 10.2 Å². The van der Waals surface area contributed by atoms with E-state index >= 15 is 0 Å². The minimum absolute atomic E-state index is 0.0229. The average Bonchev–Trinajstić information content (AvgIpc) is 3.28. The van der Waals surface area contributed by atoms with Crippen molar-refractivity contribution in [1.82, 2.24) is 29.5 Å². The summed E-state index contributed by atoms with van der Waals surface area (Å²) in [6, 6.07) is 8.38. The van der Waals surface area contributed by atoms with E-state index < -0.39 is 0 Å². The molecule has 1 saturated heterocycles. The van der Waals surface area contributed by atoms with Gasteiger partial charge in [0.2, 0.25) is 0 Å². The summed E-state index contributed by atoms with van der Waals surface area (Å²) in [6.45, 7) is 4.13. The highest BCUT2D eigenvalue weighted by molar-refractivity contribution is 5.26. The second kappa shape index (κ2) is 7.14. The van der Waals surface area contributed by atoms with Crippen LogP contribution in [0.15, 0.2) is 36.9 Å². The lowest BCUT2D eigenvalue weighted by molar-refractivity contribution is 0.00694. The van der Waals surface area contributed by atoms with E-state index in [0.29, 0.717) is 13.1 Å². The number of benzene rings is 1. The predicted octanol–water partition coefficient (Wildman–Crippen LogP) is 2.52. The Bertz CT molecular complexity index is 820. The van der Waals surface area contributed by atoms with E-state index in [1.165, 1.54) is 23.9 Å². The second-order valence-electron chi connectivity index (χ2n) is 6.42. The molecule has 1 atom stereocenters. The van der Waals surface area contributed by atoms with E-state index in [0.717, 1.165) is 31.1 Å². The van der Waals surface area contributed by atoms with Crippen LogP contribution >= 0.6 is 0 Å². The Morgan fingerprint density at radius 2 is 2.12 bits per heavy atom. The van der Waals surface area contributed by atoms with E-state index in [-0.39, 0.29) is 6.10 Å². The predicted molar refractivity (Wildman–Crippen MR) is 92.0 cm³/mol. The minimum Gasteiger partial charge on any atom is -0.370 e. The molecule has 25 heavy (non-hydrogen) atoms. The molecule has 4 rings (SSSR count). The molecule has 0 N–H and O–H groups in total. The number of nitrogens with zero attached hydrogens (tertiary/aromatic N) is 6. The molecule has 1 fully saturated rings. The Balaban J connectivity index is 1.64. The molecule has 1 aliphatic rings. The van der Waals surface area contributed by atoms with Crippen LogP contribution in [0.25, 0.3) is 0 Å². The highest BCUT2D eigenvalue weighted by Gasteiger charge is 2.23. The van der Waals surface area contributed by atoms with E-state index in [9.17, 15) is 0 Å². The van der Waals surface area contributed by atoms with Crippen molar-refractivity contribution < 1.29 is 4.74 Å². The van der Waals surface area contributed by atoms with Crippen molar-refractivity contribution in [2.75, 3.05) is 6.61 Å². The van der Waals surface area contributed by atoms with E-state index in [4.69, 9.17) is 14.8 Å². The molecule has 0 radical (unpaired) electrons. The minimum atomic E-state index is 0.0229. The molecule has 0 aliphatic carbocycles. The Morgan fingerprint density at radius 1 is 1.20 bits per heavy atom. The Hall–Kier alpha value is -2.54. The summed E-state index contributed by atoms with van der Waals surface area (Å²) in [5.74, 6) is 1.65. The fourth-order valence-corrected chi connectivity index (χ4v) is 3.18. The summed E-state index contributed by atoms with van der Waals surface area (Å²) in [4.78, 5) is 8.75. The summed E-state index contributed by atoms with van der Waals surface area (Å²) in [7, 11) is 0. The SMILES string of the molecule is Cc1ccccc1Cn1nc(Cn2cncn2)nc1C1CCCCO1. The van der Waals surface area contributed by atoms with Crippen LogP contribution in [-0.4, -0.2) is 36.1 Å². The van der Waals surface area contributed by atoms with Crippen LogP contribution in [0.1, 0.15) is 48.1 Å². The lowest BCUT2D eigenvalue weighted by atomic mass is 10.1. The Kier molecular flexibility index (Phi) is 4.56. The van der Waals surface area contributed by atoms with Crippen LogP contribution in [0.5, 0.6) is 0 Å². The van der Waals surface area contributed by atoms with Crippen LogP contribution in [0.4, 0.5) is 0 Å². The van der Waals surface area contributed by atoms with Crippen LogP contribution in [-0.2, 0) is 17.8 Å². The maximum atomic E-state index is 5.96. The zero-order valence-electron chi connectivity index (χ0n) is 14.4. The summed E-state index contributed by atoms with van der Waals surface area (Å²) in [5, 5.41) is 8.88. The number of aryl methyl sites for hydroxylation is 1. The molecule has 130 valence electrons. The van der Waals surface area contributed by atoms with Gasteiger partial charge in [0, 0.05) is 6.61 Å². The number of ether oxygens (including phenoxy) is 1. The number of hydrogen-bond acceptors (Lipinski definition) is 5. The molecule has 1 unspecified atom stereocenters. The number of rotatable bonds is 5. The van der Waals surface area contributed by atoms with Crippen molar-refractivity contribution >= 4 is 0 Å². The standard InChI is InChI=1S/C18H22N6O/c1-14-6-2-3-7-15(14)10-24-18(16-8-4-5-9-25-16)21-17(22-24)11-23-13-19-12-20-23/h2-3,6-7,12-13,16H,4-5,8-11H2,1H3. The van der Waals surface area contributed by atoms with Gasteiger partial charge in [-0.15, -0.1) is 0 Å². The van der Waals surface area contributed by atoms with Gasteiger partial charge in [-0.1, -0.05) is 24.3 Å². The highest BCUT2D eigenvalue weighted by Crippen LogP contribution is 2.27. The molecule has 0 bridgehead atoms. The van der Waals surface area contributed by atoms with Crippen LogP contribution in [0.3, 0.4) is 0 Å². The maximum Gasteiger partial charge on any atom is 0.172 e. The first kappa shape index (κ1) is 16.0. The topological polar surface area (TPSA) is 70.7 Å². The van der Waals surface area contributed by atoms with Crippen molar-refractivity contribution in [3.05, 3.63) is 59.7 Å². The summed E-state index contributed by atoms with van der Waals surface area (Å²) in [5.41, 5.74) is 2.50. The maximum absolute atomic E-state index is 5.96. The van der Waals surface area contributed by atoms with E-state index in [2.05, 4.69) is 41.3 Å². The fourth-order valence-electron chi connectivity index (χ4n) is 3.18. The second-order valence-corrected chi connectivity index (χ2v) is 6.42. The molecular formula is C18H22N6O. The Labute approximate surface area is 146 Å². The molecular weight excluding hydrogens is 316 g/mol. The first-order chi connectivity index (χ1) is 12.3. The molecule has 1 aliphatic heterocycles. The largest absolute Gasteiger partial charge is 0.370 e. The normalized spacial score (nSPS) is 17.7. The van der Waals surface area contributed by atoms with Gasteiger partial charge in [0.15, 0.2) is 11.6 Å². The monoisotopic (exact) mass is 338 g/mol. The van der Waals surface area contributed by atoms with Gasteiger partial charge in [0.1, 0.15) is 25.3 Å². The van der Waals surface area contributed by atoms with Crippen LogP contribution in [0, 0.1) is 6.92 Å². The van der Waals surface area contributed by atoms with Crippen molar-refractivity contribution in [2.45, 2.75) is 45.4 Å². The van der Waals surface area contributed by atoms with Crippen LogP contribution < -0.4 is 0 Å². The quantitative estimate of drug-likeness (QED) is 0.715. The van der Waals surface area contributed by atoms with Gasteiger partial charge in [0.05, 0.1) is 6.54 Å². The molecule has 2 aromatic heterocycles. The van der Waals surface area contributed by atoms with Gasteiger partial charge >= 0.3 is 0 Å². The molecule has 0 spiro atoms. The molecule has 7 nitrogen and oxygen atoms in total. The highest BCUT2D eigenvalue weighted by atomic mass is 16.5. The molecule has 3 aromatic rings. The zero-order valence-corrected chi connectivity index (χ0v) is 14.4. The third-order valence-corrected chi connectivity index (χ3v) is 4.56. The van der Waals surface area contributed by atoms with E-state index in [1.807, 2.05) is 4.68 Å². The Morgan fingerprint density at radius 3 is 2.88 bits per heavy atom. The number of hydrogen-bond donors (Lipinski definition) is 0. The smallest absolute Gasteiger partial charge is 0.172 e. The molecule has 7 heteroatoms. The van der Waals surface area contributed by atoms with Gasteiger partial charge < -0.3 is 4.74 Å². The van der Waals surface area contributed by atoms with Crippen molar-refractivity contribution in [1.29, 1.82) is 0 Å². The van der Waals surface area contributed by atoms with Crippen LogP contribution in [0.2, 0.25) is 0 Å².